The number of aliphatic hydroxyl groups excluding tert-OH is 1. The Bertz CT molecular complexity index is 583. The van der Waals surface area contributed by atoms with Crippen LogP contribution in [0.15, 0.2) is 36.5 Å². The van der Waals surface area contributed by atoms with Gasteiger partial charge in [-0.05, 0) is 43.1 Å². The van der Waals surface area contributed by atoms with Crippen LogP contribution < -0.4 is 5.32 Å². The van der Waals surface area contributed by atoms with Crippen LogP contribution in [-0.2, 0) is 0 Å². The molecule has 3 rings (SSSR count). The van der Waals surface area contributed by atoms with Crippen LogP contribution in [0.3, 0.4) is 0 Å². The maximum absolute atomic E-state index is 9.87. The van der Waals surface area contributed by atoms with Gasteiger partial charge in [-0.15, -0.1) is 0 Å². The van der Waals surface area contributed by atoms with E-state index in [-0.39, 0.29) is 12.1 Å². The van der Waals surface area contributed by atoms with Crippen molar-refractivity contribution in [1.82, 2.24) is 4.98 Å². The van der Waals surface area contributed by atoms with E-state index >= 15 is 0 Å². The molecule has 2 N–H and O–H groups in total. The normalized spacial score (nSPS) is 26.6. The molecule has 1 aromatic carbocycles. The number of hydrogen-bond donors (Lipinski definition) is 2. The summed E-state index contributed by atoms with van der Waals surface area (Å²) in [7, 11) is 0. The highest BCUT2D eigenvalue weighted by Gasteiger charge is 2.34. The second-order valence-corrected chi connectivity index (χ2v) is 6.13. The third-order valence-corrected chi connectivity index (χ3v) is 4.59. The lowest BCUT2D eigenvalue weighted by atomic mass is 9.77. The first kappa shape index (κ1) is 13.4. The molecule has 1 saturated carbocycles. The first-order valence-corrected chi connectivity index (χ1v) is 7.45. The van der Waals surface area contributed by atoms with Gasteiger partial charge in [0.2, 0.25) is 0 Å². The lowest BCUT2D eigenvalue weighted by Gasteiger charge is -2.39. The molecule has 3 heteroatoms. The van der Waals surface area contributed by atoms with Gasteiger partial charge in [0.05, 0.1) is 12.1 Å². The Kier molecular flexibility index (Phi) is 3.62. The van der Waals surface area contributed by atoms with Crippen LogP contribution in [0, 0.1) is 5.92 Å². The van der Waals surface area contributed by atoms with E-state index in [1.165, 1.54) is 18.2 Å². The maximum atomic E-state index is 9.87. The van der Waals surface area contributed by atoms with Crippen LogP contribution in [0.5, 0.6) is 0 Å². The Morgan fingerprint density at radius 2 is 2.00 bits per heavy atom. The van der Waals surface area contributed by atoms with Crippen molar-refractivity contribution in [2.75, 3.05) is 11.9 Å². The van der Waals surface area contributed by atoms with E-state index in [2.05, 4.69) is 29.4 Å². The molecule has 1 heterocycles. The Hall–Kier alpha value is -1.61. The van der Waals surface area contributed by atoms with Gasteiger partial charge < -0.3 is 10.4 Å². The molecule has 20 heavy (non-hydrogen) atoms. The van der Waals surface area contributed by atoms with Crippen molar-refractivity contribution in [2.45, 2.75) is 38.1 Å². The van der Waals surface area contributed by atoms with Crippen LogP contribution in [0.4, 0.5) is 5.82 Å². The van der Waals surface area contributed by atoms with Crippen LogP contribution in [0.1, 0.15) is 32.6 Å². The number of aromatic nitrogens is 1. The van der Waals surface area contributed by atoms with Gasteiger partial charge in [-0.1, -0.05) is 31.2 Å². The fourth-order valence-corrected chi connectivity index (χ4v) is 3.11. The molecule has 1 aromatic heterocycles. The zero-order valence-electron chi connectivity index (χ0n) is 12.0. The molecule has 0 radical (unpaired) electrons. The van der Waals surface area contributed by atoms with E-state index in [0.29, 0.717) is 0 Å². The van der Waals surface area contributed by atoms with Crippen molar-refractivity contribution in [2.24, 2.45) is 5.92 Å². The van der Waals surface area contributed by atoms with Crippen molar-refractivity contribution >= 4 is 16.6 Å². The van der Waals surface area contributed by atoms with Gasteiger partial charge in [0.25, 0.3) is 0 Å². The highest BCUT2D eigenvalue weighted by atomic mass is 16.3. The second kappa shape index (κ2) is 5.41. The Labute approximate surface area is 120 Å². The Morgan fingerprint density at radius 1 is 1.25 bits per heavy atom. The van der Waals surface area contributed by atoms with E-state index in [1.807, 2.05) is 24.4 Å². The SMILES string of the molecule is CC1CCC(CO)(Nc2nccc3ccccc23)CC1. The van der Waals surface area contributed by atoms with Crippen molar-refractivity contribution in [3.8, 4) is 0 Å². The predicted octanol–water partition coefficient (Wildman–Crippen LogP) is 3.59. The molecular formula is C17H22N2O. The van der Waals surface area contributed by atoms with Crippen LogP contribution >= 0.6 is 0 Å². The summed E-state index contributed by atoms with van der Waals surface area (Å²) >= 11 is 0. The van der Waals surface area contributed by atoms with Gasteiger partial charge in [0.1, 0.15) is 5.82 Å². The standard InChI is InChI=1S/C17H22N2O/c1-13-6-9-17(12-20,10-7-13)19-16-15-5-3-2-4-14(15)8-11-18-16/h2-5,8,11,13,20H,6-7,9-10,12H2,1H3,(H,18,19). The minimum atomic E-state index is -0.205. The fraction of sp³-hybridized carbons (Fsp3) is 0.471. The molecular weight excluding hydrogens is 248 g/mol. The maximum Gasteiger partial charge on any atom is 0.134 e. The van der Waals surface area contributed by atoms with Crippen molar-refractivity contribution < 1.29 is 5.11 Å². The van der Waals surface area contributed by atoms with Gasteiger partial charge >= 0.3 is 0 Å². The minimum absolute atomic E-state index is 0.171. The van der Waals surface area contributed by atoms with Crippen molar-refractivity contribution in [3.63, 3.8) is 0 Å². The number of rotatable bonds is 3. The Balaban J connectivity index is 1.91. The summed E-state index contributed by atoms with van der Waals surface area (Å²) in [5, 5.41) is 15.7. The number of anilines is 1. The number of nitrogens with zero attached hydrogens (tertiary/aromatic N) is 1. The summed E-state index contributed by atoms with van der Waals surface area (Å²) in [6.07, 6.45) is 6.18. The first-order valence-electron chi connectivity index (χ1n) is 7.45. The smallest absolute Gasteiger partial charge is 0.134 e. The van der Waals surface area contributed by atoms with Crippen LogP contribution in [0.2, 0.25) is 0 Å². The number of nitrogens with one attached hydrogen (secondary N) is 1. The molecule has 0 saturated heterocycles. The summed E-state index contributed by atoms with van der Waals surface area (Å²) < 4.78 is 0. The Morgan fingerprint density at radius 3 is 2.75 bits per heavy atom. The highest BCUT2D eigenvalue weighted by Crippen LogP contribution is 2.35. The molecule has 106 valence electrons. The van der Waals surface area contributed by atoms with Gasteiger partial charge in [0.15, 0.2) is 0 Å². The second-order valence-electron chi connectivity index (χ2n) is 6.13. The molecule has 0 unspecified atom stereocenters. The number of hydrogen-bond acceptors (Lipinski definition) is 3. The zero-order chi connectivity index (χ0) is 14.0. The summed E-state index contributed by atoms with van der Waals surface area (Å²) in [6.45, 7) is 2.46. The third kappa shape index (κ3) is 2.50. The molecule has 0 spiro atoms. The molecule has 1 aliphatic carbocycles. The minimum Gasteiger partial charge on any atom is -0.394 e. The van der Waals surface area contributed by atoms with Crippen molar-refractivity contribution in [1.29, 1.82) is 0 Å². The number of aliphatic hydroxyl groups is 1. The lowest BCUT2D eigenvalue weighted by molar-refractivity contribution is 0.155. The van der Waals surface area contributed by atoms with Gasteiger partial charge in [0, 0.05) is 11.6 Å². The molecule has 3 nitrogen and oxygen atoms in total. The largest absolute Gasteiger partial charge is 0.394 e. The molecule has 0 aliphatic heterocycles. The van der Waals surface area contributed by atoms with Gasteiger partial charge in [-0.3, -0.25) is 0 Å². The van der Waals surface area contributed by atoms with Gasteiger partial charge in [-0.2, -0.15) is 0 Å². The number of fused-ring (bicyclic) bond motifs is 1. The molecule has 0 atom stereocenters. The average molecular weight is 270 g/mol. The van der Waals surface area contributed by atoms with E-state index in [4.69, 9.17) is 0 Å². The van der Waals surface area contributed by atoms with E-state index < -0.39 is 0 Å². The van der Waals surface area contributed by atoms with E-state index in [9.17, 15) is 5.11 Å². The number of benzene rings is 1. The third-order valence-electron chi connectivity index (χ3n) is 4.59. The van der Waals surface area contributed by atoms with Gasteiger partial charge in [-0.25, -0.2) is 4.98 Å². The molecule has 0 bridgehead atoms. The summed E-state index contributed by atoms with van der Waals surface area (Å²) in [5.74, 6) is 1.66. The summed E-state index contributed by atoms with van der Waals surface area (Å²) in [4.78, 5) is 4.49. The summed E-state index contributed by atoms with van der Waals surface area (Å²) in [5.41, 5.74) is -0.205. The van der Waals surface area contributed by atoms with Crippen LogP contribution in [0.25, 0.3) is 10.8 Å². The molecule has 1 fully saturated rings. The van der Waals surface area contributed by atoms with Crippen LogP contribution in [-0.4, -0.2) is 22.2 Å². The highest BCUT2D eigenvalue weighted by molar-refractivity contribution is 5.91. The van der Waals surface area contributed by atoms with E-state index in [0.717, 1.165) is 30.0 Å². The zero-order valence-corrected chi connectivity index (χ0v) is 12.0. The molecule has 1 aliphatic rings. The first-order chi connectivity index (χ1) is 9.72. The van der Waals surface area contributed by atoms with Crippen molar-refractivity contribution in [3.05, 3.63) is 36.5 Å². The predicted molar refractivity (Wildman–Crippen MR) is 82.8 cm³/mol. The lowest BCUT2D eigenvalue weighted by Crippen LogP contribution is -2.45. The average Bonchev–Trinajstić information content (AvgIpc) is 2.50. The molecule has 0 amide bonds. The number of pyridine rings is 1. The summed E-state index contributed by atoms with van der Waals surface area (Å²) in [6, 6.07) is 10.3. The fourth-order valence-electron chi connectivity index (χ4n) is 3.11. The monoisotopic (exact) mass is 270 g/mol. The topological polar surface area (TPSA) is 45.1 Å². The quantitative estimate of drug-likeness (QED) is 0.896. The van der Waals surface area contributed by atoms with E-state index in [1.54, 1.807) is 0 Å². The molecule has 2 aromatic rings.